The van der Waals surface area contributed by atoms with Crippen molar-refractivity contribution in [3.05, 3.63) is 97.2 Å². The van der Waals surface area contributed by atoms with Crippen LogP contribution in [0.3, 0.4) is 0 Å². The molecule has 3 N–H and O–H groups in total. The van der Waals surface area contributed by atoms with Gasteiger partial charge in [-0.25, -0.2) is 4.57 Å². The molecule has 0 saturated carbocycles. The molecule has 0 aromatic carbocycles. The van der Waals surface area contributed by atoms with Crippen molar-refractivity contribution in [1.29, 1.82) is 0 Å². The Morgan fingerprint density at radius 1 is 0.517 bits per heavy atom. The normalized spacial score (nSPS) is 14.3. The standard InChI is InChI=1S/C51H88NO7P/c1-3-5-7-9-11-13-15-17-19-21-22-23-24-25-26-27-28-29-30-32-34-36-38-40-42-44-51(53)59-50(49-58-60(54,55)57-47-45-52)48-56-46-43-41-39-37-35-33-31-20-18-16-14-12-10-8-6-4-2/h5,7,11-14,17-20,22-23,25-26,28-29,50H,3-4,6,8-10,15-16,21,24,27,30-49,52H2,1-2H3,(H,54,55)/b7-5-,13-11-,14-12-,19-17-,20-18-,23-22-,26-25-,29-28-. The lowest BCUT2D eigenvalue weighted by Crippen LogP contribution is -2.28. The zero-order chi connectivity index (χ0) is 43.7. The Morgan fingerprint density at radius 3 is 1.40 bits per heavy atom. The number of hydrogen-bond acceptors (Lipinski definition) is 7. The van der Waals surface area contributed by atoms with E-state index in [0.717, 1.165) is 103 Å². The van der Waals surface area contributed by atoms with Crippen molar-refractivity contribution in [3.63, 3.8) is 0 Å². The third-order valence-electron chi connectivity index (χ3n) is 9.49. The van der Waals surface area contributed by atoms with Gasteiger partial charge in [-0.2, -0.15) is 0 Å². The second kappa shape index (κ2) is 47.5. The number of allylic oxidation sites excluding steroid dienone is 16. The summed E-state index contributed by atoms with van der Waals surface area (Å²) in [5.41, 5.74) is 5.38. The fourth-order valence-electron chi connectivity index (χ4n) is 6.03. The summed E-state index contributed by atoms with van der Waals surface area (Å²) in [5, 5.41) is 0. The van der Waals surface area contributed by atoms with E-state index >= 15 is 0 Å². The summed E-state index contributed by atoms with van der Waals surface area (Å²) in [6.45, 7) is 4.72. The fourth-order valence-corrected chi connectivity index (χ4v) is 6.79. The summed E-state index contributed by atoms with van der Waals surface area (Å²) in [7, 11) is -4.29. The van der Waals surface area contributed by atoms with Crippen LogP contribution in [-0.4, -0.2) is 49.9 Å². The number of carbonyl (C=O) groups excluding carboxylic acids is 1. The van der Waals surface area contributed by atoms with Crippen LogP contribution in [0.15, 0.2) is 97.2 Å². The number of hydrogen-bond donors (Lipinski definition) is 2. The Bertz CT molecular complexity index is 1240. The maximum atomic E-state index is 12.6. The predicted molar refractivity (Wildman–Crippen MR) is 256 cm³/mol. The summed E-state index contributed by atoms with van der Waals surface area (Å²) < 4.78 is 33.5. The average Bonchev–Trinajstić information content (AvgIpc) is 3.24. The third-order valence-corrected chi connectivity index (χ3v) is 10.5. The van der Waals surface area contributed by atoms with Crippen LogP contribution >= 0.6 is 7.82 Å². The second-order valence-corrected chi connectivity index (χ2v) is 16.7. The minimum atomic E-state index is -4.29. The van der Waals surface area contributed by atoms with E-state index in [-0.39, 0.29) is 32.3 Å². The molecule has 60 heavy (non-hydrogen) atoms. The molecule has 0 saturated heterocycles. The first-order chi connectivity index (χ1) is 29.4. The summed E-state index contributed by atoms with van der Waals surface area (Å²) in [6, 6.07) is 0. The summed E-state index contributed by atoms with van der Waals surface area (Å²) in [6.07, 6.45) is 62.8. The van der Waals surface area contributed by atoms with E-state index in [2.05, 4.69) is 111 Å². The zero-order valence-corrected chi connectivity index (χ0v) is 39.1. The van der Waals surface area contributed by atoms with Crippen molar-refractivity contribution >= 4 is 13.8 Å². The van der Waals surface area contributed by atoms with Gasteiger partial charge in [0.1, 0.15) is 6.10 Å². The molecule has 0 aromatic heterocycles. The minimum Gasteiger partial charge on any atom is -0.457 e. The second-order valence-electron chi connectivity index (χ2n) is 15.2. The van der Waals surface area contributed by atoms with Gasteiger partial charge in [-0.3, -0.25) is 13.8 Å². The Morgan fingerprint density at radius 2 is 0.933 bits per heavy atom. The van der Waals surface area contributed by atoms with Gasteiger partial charge < -0.3 is 20.1 Å². The molecule has 344 valence electrons. The summed E-state index contributed by atoms with van der Waals surface area (Å²) in [5.74, 6) is -0.353. The molecule has 0 heterocycles. The monoisotopic (exact) mass is 858 g/mol. The number of nitrogens with two attached hydrogens (primary N) is 1. The highest BCUT2D eigenvalue weighted by Gasteiger charge is 2.25. The third kappa shape index (κ3) is 46.5. The van der Waals surface area contributed by atoms with Crippen molar-refractivity contribution in [2.75, 3.05) is 33.0 Å². The maximum Gasteiger partial charge on any atom is 0.472 e. The van der Waals surface area contributed by atoms with E-state index in [1.807, 2.05) is 0 Å². The number of phosphoric acid groups is 1. The molecule has 0 aliphatic carbocycles. The lowest BCUT2D eigenvalue weighted by Gasteiger charge is -2.20. The molecule has 0 aromatic rings. The van der Waals surface area contributed by atoms with Crippen LogP contribution in [-0.2, 0) is 27.9 Å². The highest BCUT2D eigenvalue weighted by Crippen LogP contribution is 2.43. The van der Waals surface area contributed by atoms with E-state index in [9.17, 15) is 14.3 Å². The van der Waals surface area contributed by atoms with E-state index in [1.165, 1.54) is 57.8 Å². The molecule has 0 spiro atoms. The molecule has 8 nitrogen and oxygen atoms in total. The first kappa shape index (κ1) is 57.4. The average molecular weight is 858 g/mol. The first-order valence-corrected chi connectivity index (χ1v) is 25.2. The highest BCUT2D eigenvalue weighted by atomic mass is 31.2. The van der Waals surface area contributed by atoms with E-state index in [4.69, 9.17) is 24.3 Å². The lowest BCUT2D eigenvalue weighted by atomic mass is 10.1. The quantitative estimate of drug-likeness (QED) is 0.0269. The molecule has 0 amide bonds. The maximum absolute atomic E-state index is 12.6. The van der Waals surface area contributed by atoms with Crippen molar-refractivity contribution in [3.8, 4) is 0 Å². The number of rotatable bonds is 44. The predicted octanol–water partition coefficient (Wildman–Crippen LogP) is 14.6. The van der Waals surface area contributed by atoms with Gasteiger partial charge >= 0.3 is 13.8 Å². The van der Waals surface area contributed by atoms with E-state index in [1.54, 1.807) is 0 Å². The van der Waals surface area contributed by atoms with Gasteiger partial charge in [0.25, 0.3) is 0 Å². The van der Waals surface area contributed by atoms with Gasteiger partial charge in [-0.15, -0.1) is 0 Å². The molecular formula is C51H88NO7P. The molecule has 0 aliphatic heterocycles. The molecule has 0 rings (SSSR count). The Balaban J connectivity index is 4.07. The fraction of sp³-hybridized carbons (Fsp3) is 0.667. The molecule has 2 unspecified atom stereocenters. The largest absolute Gasteiger partial charge is 0.472 e. The van der Waals surface area contributed by atoms with Gasteiger partial charge in [0.05, 0.1) is 19.8 Å². The van der Waals surface area contributed by atoms with Gasteiger partial charge in [0.2, 0.25) is 0 Å². The Kier molecular flexibility index (Phi) is 45.4. The SMILES string of the molecule is CC/C=C\C/C=C\C/C=C\C/C=C\C/C=C\C/C=C\CCCCCCCCC(=O)OC(COCCCCCCCC/C=C\C/C=C\CCCCC)COP(=O)(O)OCCN. The van der Waals surface area contributed by atoms with E-state index in [0.29, 0.717) is 13.0 Å². The van der Waals surface area contributed by atoms with Crippen LogP contribution in [0.25, 0.3) is 0 Å². The topological polar surface area (TPSA) is 117 Å². The lowest BCUT2D eigenvalue weighted by molar-refractivity contribution is -0.154. The van der Waals surface area contributed by atoms with Gasteiger partial charge in [-0.05, 0) is 96.3 Å². The van der Waals surface area contributed by atoms with Crippen LogP contribution in [0.5, 0.6) is 0 Å². The molecule has 0 aliphatic rings. The summed E-state index contributed by atoms with van der Waals surface area (Å²) >= 11 is 0. The molecule has 0 bridgehead atoms. The van der Waals surface area contributed by atoms with Crippen LogP contribution in [0, 0.1) is 0 Å². The minimum absolute atomic E-state index is 0.0904. The number of ether oxygens (including phenoxy) is 2. The molecule has 0 radical (unpaired) electrons. The van der Waals surface area contributed by atoms with Crippen molar-refractivity contribution in [1.82, 2.24) is 0 Å². The van der Waals surface area contributed by atoms with E-state index < -0.39 is 13.9 Å². The van der Waals surface area contributed by atoms with Crippen LogP contribution in [0.2, 0.25) is 0 Å². The van der Waals surface area contributed by atoms with Crippen molar-refractivity contribution in [2.45, 2.75) is 187 Å². The number of esters is 1. The Hall–Kier alpha value is -2.58. The first-order valence-electron chi connectivity index (χ1n) is 23.7. The molecule has 0 fully saturated rings. The molecular weight excluding hydrogens is 770 g/mol. The Labute approximate surface area is 368 Å². The smallest absolute Gasteiger partial charge is 0.457 e. The zero-order valence-electron chi connectivity index (χ0n) is 38.2. The van der Waals surface area contributed by atoms with Crippen molar-refractivity contribution in [2.24, 2.45) is 5.73 Å². The van der Waals surface area contributed by atoms with Gasteiger partial charge in [-0.1, -0.05) is 175 Å². The van der Waals surface area contributed by atoms with Gasteiger partial charge in [0, 0.05) is 19.6 Å². The summed E-state index contributed by atoms with van der Waals surface area (Å²) in [4.78, 5) is 22.5. The highest BCUT2D eigenvalue weighted by molar-refractivity contribution is 7.47. The van der Waals surface area contributed by atoms with Crippen molar-refractivity contribution < 1.29 is 32.8 Å². The molecule has 2 atom stereocenters. The van der Waals surface area contributed by atoms with Crippen LogP contribution in [0.1, 0.15) is 181 Å². The van der Waals surface area contributed by atoms with Gasteiger partial charge in [0.15, 0.2) is 0 Å². The number of unbranched alkanes of at least 4 members (excludes halogenated alkanes) is 15. The number of phosphoric ester groups is 1. The van der Waals surface area contributed by atoms with Crippen LogP contribution in [0.4, 0.5) is 0 Å². The number of carbonyl (C=O) groups is 1. The molecule has 9 heteroatoms. The van der Waals surface area contributed by atoms with Crippen LogP contribution < -0.4 is 5.73 Å².